The summed E-state index contributed by atoms with van der Waals surface area (Å²) in [4.78, 5) is 5.75. The Labute approximate surface area is 109 Å². The first-order valence-electron chi connectivity index (χ1n) is 6.35. The number of nitrogens with one attached hydrogen (secondary N) is 1. The Bertz CT molecular complexity index is 312. The van der Waals surface area contributed by atoms with Crippen molar-refractivity contribution in [1.82, 2.24) is 10.3 Å². The Morgan fingerprint density at radius 3 is 2.82 bits per heavy atom. The van der Waals surface area contributed by atoms with E-state index < -0.39 is 0 Å². The predicted octanol–water partition coefficient (Wildman–Crippen LogP) is 3.38. The van der Waals surface area contributed by atoms with Gasteiger partial charge in [0.1, 0.15) is 11.1 Å². The highest BCUT2D eigenvalue weighted by Gasteiger charge is 2.13. The number of rotatable bonds is 8. The molecule has 1 atom stereocenters. The van der Waals surface area contributed by atoms with Gasteiger partial charge in [-0.25, -0.2) is 4.98 Å². The maximum absolute atomic E-state index is 5.46. The number of thiazole rings is 1. The van der Waals surface area contributed by atoms with Gasteiger partial charge in [0.2, 0.25) is 0 Å². The molecular formula is C13H24N2OS. The lowest BCUT2D eigenvalue weighted by Gasteiger charge is -2.10. The molecule has 0 radical (unpaired) electrons. The first-order chi connectivity index (χ1) is 8.17. The minimum atomic E-state index is 0.170. The molecule has 0 spiro atoms. The standard InChI is InChI=1S/C13H24N2OS/c1-5-6-12(16-4)13-15-9-11(17-13)8-14-7-10(2)3/h9-10,12,14H,5-8H2,1-4H3. The first kappa shape index (κ1) is 14.6. The number of hydrogen-bond donors (Lipinski definition) is 1. The Balaban J connectivity index is 2.46. The second kappa shape index (κ2) is 7.80. The largest absolute Gasteiger partial charge is 0.374 e. The third kappa shape index (κ3) is 5.15. The second-order valence-electron chi connectivity index (χ2n) is 4.70. The summed E-state index contributed by atoms with van der Waals surface area (Å²) < 4.78 is 5.46. The van der Waals surface area contributed by atoms with Crippen molar-refractivity contribution in [1.29, 1.82) is 0 Å². The minimum absolute atomic E-state index is 0.170. The van der Waals surface area contributed by atoms with Crippen LogP contribution in [-0.2, 0) is 11.3 Å². The van der Waals surface area contributed by atoms with E-state index in [1.165, 1.54) is 4.88 Å². The predicted molar refractivity (Wildman–Crippen MR) is 73.3 cm³/mol. The van der Waals surface area contributed by atoms with E-state index in [1.807, 2.05) is 6.20 Å². The number of nitrogens with zero attached hydrogens (tertiary/aromatic N) is 1. The van der Waals surface area contributed by atoms with E-state index in [-0.39, 0.29) is 6.10 Å². The van der Waals surface area contributed by atoms with E-state index in [1.54, 1.807) is 18.4 Å². The van der Waals surface area contributed by atoms with Crippen molar-refractivity contribution >= 4 is 11.3 Å². The molecule has 98 valence electrons. The molecule has 1 aromatic rings. The quantitative estimate of drug-likeness (QED) is 0.774. The number of ether oxygens (including phenoxy) is 1. The smallest absolute Gasteiger partial charge is 0.122 e. The minimum Gasteiger partial charge on any atom is -0.374 e. The fourth-order valence-corrected chi connectivity index (χ4v) is 2.64. The van der Waals surface area contributed by atoms with Crippen molar-refractivity contribution in [2.45, 2.75) is 46.3 Å². The Kier molecular flexibility index (Phi) is 6.70. The fourth-order valence-electron chi connectivity index (χ4n) is 1.64. The van der Waals surface area contributed by atoms with E-state index in [0.717, 1.165) is 30.9 Å². The van der Waals surface area contributed by atoms with Gasteiger partial charge in [-0.2, -0.15) is 0 Å². The average molecular weight is 256 g/mol. The molecule has 0 aliphatic heterocycles. The van der Waals surface area contributed by atoms with Crippen LogP contribution in [0.1, 0.15) is 49.6 Å². The van der Waals surface area contributed by atoms with Crippen molar-refractivity contribution in [2.75, 3.05) is 13.7 Å². The summed E-state index contributed by atoms with van der Waals surface area (Å²) in [5, 5.41) is 4.54. The molecule has 1 rings (SSSR count). The molecule has 0 fully saturated rings. The van der Waals surface area contributed by atoms with Crippen LogP contribution in [0.3, 0.4) is 0 Å². The van der Waals surface area contributed by atoms with Crippen LogP contribution in [0, 0.1) is 5.92 Å². The van der Waals surface area contributed by atoms with E-state index in [2.05, 4.69) is 31.1 Å². The first-order valence-corrected chi connectivity index (χ1v) is 7.17. The Morgan fingerprint density at radius 1 is 1.47 bits per heavy atom. The molecule has 17 heavy (non-hydrogen) atoms. The maximum Gasteiger partial charge on any atom is 0.122 e. The number of aromatic nitrogens is 1. The summed E-state index contributed by atoms with van der Waals surface area (Å²) in [7, 11) is 1.76. The summed E-state index contributed by atoms with van der Waals surface area (Å²) in [5.74, 6) is 0.689. The van der Waals surface area contributed by atoms with Gasteiger partial charge < -0.3 is 10.1 Å². The molecule has 3 nitrogen and oxygen atoms in total. The molecule has 1 unspecified atom stereocenters. The third-order valence-electron chi connectivity index (χ3n) is 2.53. The molecule has 0 amide bonds. The van der Waals surface area contributed by atoms with Gasteiger partial charge in [0.05, 0.1) is 0 Å². The van der Waals surface area contributed by atoms with E-state index >= 15 is 0 Å². The zero-order chi connectivity index (χ0) is 12.7. The van der Waals surface area contributed by atoms with Crippen LogP contribution in [0.5, 0.6) is 0 Å². The van der Waals surface area contributed by atoms with Crippen molar-refractivity contribution in [3.8, 4) is 0 Å². The lowest BCUT2D eigenvalue weighted by atomic mass is 10.2. The zero-order valence-corrected chi connectivity index (χ0v) is 12.1. The average Bonchev–Trinajstić information content (AvgIpc) is 2.74. The molecular weight excluding hydrogens is 232 g/mol. The zero-order valence-electron chi connectivity index (χ0n) is 11.3. The van der Waals surface area contributed by atoms with Crippen LogP contribution in [0.25, 0.3) is 0 Å². The van der Waals surface area contributed by atoms with Crippen LogP contribution < -0.4 is 5.32 Å². The van der Waals surface area contributed by atoms with Crippen LogP contribution in [-0.4, -0.2) is 18.6 Å². The molecule has 1 aromatic heterocycles. The van der Waals surface area contributed by atoms with Crippen LogP contribution >= 0.6 is 11.3 Å². The molecule has 0 aromatic carbocycles. The van der Waals surface area contributed by atoms with Gasteiger partial charge in [0.25, 0.3) is 0 Å². The Hall–Kier alpha value is -0.450. The number of hydrogen-bond acceptors (Lipinski definition) is 4. The monoisotopic (exact) mass is 256 g/mol. The Morgan fingerprint density at radius 2 is 2.24 bits per heavy atom. The van der Waals surface area contributed by atoms with Gasteiger partial charge >= 0.3 is 0 Å². The lowest BCUT2D eigenvalue weighted by Crippen LogP contribution is -2.18. The van der Waals surface area contributed by atoms with Gasteiger partial charge in [0, 0.05) is 24.7 Å². The van der Waals surface area contributed by atoms with Crippen molar-refractivity contribution in [3.05, 3.63) is 16.1 Å². The van der Waals surface area contributed by atoms with Gasteiger partial charge in [-0.3, -0.25) is 0 Å². The summed E-state index contributed by atoms with van der Waals surface area (Å²) in [6, 6.07) is 0. The van der Waals surface area contributed by atoms with Gasteiger partial charge in [0.15, 0.2) is 0 Å². The van der Waals surface area contributed by atoms with Gasteiger partial charge in [-0.15, -0.1) is 11.3 Å². The van der Waals surface area contributed by atoms with E-state index in [0.29, 0.717) is 5.92 Å². The summed E-state index contributed by atoms with van der Waals surface area (Å²) in [6.07, 6.45) is 4.31. The molecule has 0 saturated heterocycles. The summed E-state index contributed by atoms with van der Waals surface area (Å²) >= 11 is 1.76. The van der Waals surface area contributed by atoms with Crippen LogP contribution in [0.15, 0.2) is 6.20 Å². The molecule has 0 aliphatic rings. The molecule has 4 heteroatoms. The highest BCUT2D eigenvalue weighted by atomic mass is 32.1. The van der Waals surface area contributed by atoms with Crippen molar-refractivity contribution in [3.63, 3.8) is 0 Å². The topological polar surface area (TPSA) is 34.1 Å². The third-order valence-corrected chi connectivity index (χ3v) is 3.62. The van der Waals surface area contributed by atoms with Gasteiger partial charge in [-0.1, -0.05) is 27.2 Å². The van der Waals surface area contributed by atoms with Crippen molar-refractivity contribution < 1.29 is 4.74 Å². The highest BCUT2D eigenvalue weighted by Crippen LogP contribution is 2.26. The molecule has 1 N–H and O–H groups in total. The molecule has 0 saturated carbocycles. The van der Waals surface area contributed by atoms with Gasteiger partial charge in [-0.05, 0) is 18.9 Å². The molecule has 0 aliphatic carbocycles. The lowest BCUT2D eigenvalue weighted by molar-refractivity contribution is 0.0947. The van der Waals surface area contributed by atoms with Crippen molar-refractivity contribution in [2.24, 2.45) is 5.92 Å². The normalized spacial score (nSPS) is 13.2. The maximum atomic E-state index is 5.46. The highest BCUT2D eigenvalue weighted by molar-refractivity contribution is 7.11. The molecule has 1 heterocycles. The van der Waals surface area contributed by atoms with Crippen LogP contribution in [0.4, 0.5) is 0 Å². The molecule has 0 bridgehead atoms. The second-order valence-corrected chi connectivity index (χ2v) is 5.85. The summed E-state index contributed by atoms with van der Waals surface area (Å²) in [5.41, 5.74) is 0. The fraction of sp³-hybridized carbons (Fsp3) is 0.769. The van der Waals surface area contributed by atoms with E-state index in [4.69, 9.17) is 4.74 Å². The van der Waals surface area contributed by atoms with E-state index in [9.17, 15) is 0 Å². The number of methoxy groups -OCH3 is 1. The SMILES string of the molecule is CCCC(OC)c1ncc(CNCC(C)C)s1. The van der Waals surface area contributed by atoms with Crippen LogP contribution in [0.2, 0.25) is 0 Å². The summed E-state index contributed by atoms with van der Waals surface area (Å²) in [6.45, 7) is 8.57.